The second-order valence-corrected chi connectivity index (χ2v) is 8.82. The molecule has 6 nitrogen and oxygen atoms in total. The molecule has 0 saturated carbocycles. The molecule has 0 heterocycles. The minimum atomic E-state index is -4.03. The molecule has 156 valence electrons. The summed E-state index contributed by atoms with van der Waals surface area (Å²) < 4.78 is 47.9. The molecule has 0 aliphatic rings. The van der Waals surface area contributed by atoms with E-state index in [1.165, 1.54) is 31.4 Å². The third-order valence-electron chi connectivity index (χ3n) is 4.21. The van der Waals surface area contributed by atoms with Crippen LogP contribution >= 0.6 is 15.9 Å². The van der Waals surface area contributed by atoms with Crippen LogP contribution < -0.4 is 14.8 Å². The molecule has 0 aromatic heterocycles. The van der Waals surface area contributed by atoms with E-state index in [1.807, 2.05) is 0 Å². The summed E-state index contributed by atoms with van der Waals surface area (Å²) in [6.45, 7) is -0.0310. The zero-order valence-electron chi connectivity index (χ0n) is 15.9. The molecule has 3 rings (SSSR count). The number of amides is 1. The fraction of sp³-hybridized carbons (Fsp3) is 0.0952. The molecule has 0 bridgehead atoms. The van der Waals surface area contributed by atoms with Gasteiger partial charge in [-0.3, -0.25) is 9.52 Å². The highest BCUT2D eigenvalue weighted by atomic mass is 79.9. The predicted molar refractivity (Wildman–Crippen MR) is 116 cm³/mol. The van der Waals surface area contributed by atoms with Crippen molar-refractivity contribution in [1.29, 1.82) is 0 Å². The number of carbonyl (C=O) groups is 1. The number of nitrogens with one attached hydrogen (secondary N) is 2. The lowest BCUT2D eigenvalue weighted by molar-refractivity contribution is 0.0950. The number of halogens is 2. The van der Waals surface area contributed by atoms with Gasteiger partial charge < -0.3 is 10.1 Å². The van der Waals surface area contributed by atoms with Gasteiger partial charge in [-0.15, -0.1) is 0 Å². The van der Waals surface area contributed by atoms with Crippen LogP contribution in [0.1, 0.15) is 15.9 Å². The third kappa shape index (κ3) is 5.17. The zero-order chi connectivity index (χ0) is 21.7. The molecule has 1 amide bonds. The zero-order valence-corrected chi connectivity index (χ0v) is 18.3. The first-order valence-electron chi connectivity index (χ1n) is 8.78. The molecule has 3 aromatic carbocycles. The molecule has 0 fully saturated rings. The van der Waals surface area contributed by atoms with Crippen molar-refractivity contribution in [3.63, 3.8) is 0 Å². The monoisotopic (exact) mass is 492 g/mol. The number of sulfonamides is 1. The van der Waals surface area contributed by atoms with Crippen molar-refractivity contribution in [2.45, 2.75) is 11.4 Å². The van der Waals surface area contributed by atoms with Crippen LogP contribution in [0.2, 0.25) is 0 Å². The molecule has 9 heteroatoms. The molecule has 0 aliphatic heterocycles. The SMILES string of the molecule is COc1ccc(C(=O)NCc2ccccc2F)cc1S(=O)(=O)Nc1ccc(Br)cc1. The molecule has 30 heavy (non-hydrogen) atoms. The van der Waals surface area contributed by atoms with Gasteiger partial charge in [-0.2, -0.15) is 0 Å². The Bertz CT molecular complexity index is 1170. The van der Waals surface area contributed by atoms with E-state index in [1.54, 1.807) is 42.5 Å². The van der Waals surface area contributed by atoms with Gasteiger partial charge in [0.15, 0.2) is 0 Å². The van der Waals surface area contributed by atoms with Crippen LogP contribution in [0.15, 0.2) is 76.1 Å². The Morgan fingerprint density at radius 2 is 1.77 bits per heavy atom. The van der Waals surface area contributed by atoms with Crippen LogP contribution in [-0.4, -0.2) is 21.4 Å². The van der Waals surface area contributed by atoms with Gasteiger partial charge in [-0.1, -0.05) is 34.1 Å². The summed E-state index contributed by atoms with van der Waals surface area (Å²) in [4.78, 5) is 12.3. The maximum absolute atomic E-state index is 13.7. The predicted octanol–water partition coefficient (Wildman–Crippen LogP) is 4.33. The smallest absolute Gasteiger partial charge is 0.265 e. The fourth-order valence-corrected chi connectivity index (χ4v) is 4.19. The van der Waals surface area contributed by atoms with E-state index in [2.05, 4.69) is 26.0 Å². The average Bonchev–Trinajstić information content (AvgIpc) is 2.74. The number of rotatable bonds is 7. The molecular weight excluding hydrogens is 475 g/mol. The molecule has 0 atom stereocenters. The average molecular weight is 493 g/mol. The van der Waals surface area contributed by atoms with Crippen LogP contribution in [-0.2, 0) is 16.6 Å². The number of carbonyl (C=O) groups excluding carboxylic acids is 1. The Balaban J connectivity index is 1.84. The fourth-order valence-electron chi connectivity index (χ4n) is 2.68. The summed E-state index contributed by atoms with van der Waals surface area (Å²) in [6, 6.07) is 16.7. The van der Waals surface area contributed by atoms with E-state index < -0.39 is 21.7 Å². The van der Waals surface area contributed by atoms with E-state index in [0.717, 1.165) is 4.47 Å². The Kier molecular flexibility index (Phi) is 6.73. The highest BCUT2D eigenvalue weighted by Crippen LogP contribution is 2.27. The molecule has 0 spiro atoms. The molecule has 2 N–H and O–H groups in total. The number of hydrogen-bond acceptors (Lipinski definition) is 4. The normalized spacial score (nSPS) is 11.0. The largest absolute Gasteiger partial charge is 0.495 e. The molecular formula is C21H18BrFN2O4S. The molecule has 0 saturated heterocycles. The van der Waals surface area contributed by atoms with Crippen LogP contribution in [0, 0.1) is 5.82 Å². The summed E-state index contributed by atoms with van der Waals surface area (Å²) in [5.41, 5.74) is 0.780. The Morgan fingerprint density at radius 3 is 2.43 bits per heavy atom. The Hall–Kier alpha value is -2.91. The highest BCUT2D eigenvalue weighted by molar-refractivity contribution is 9.10. The Morgan fingerprint density at radius 1 is 1.07 bits per heavy atom. The van der Waals surface area contributed by atoms with E-state index in [9.17, 15) is 17.6 Å². The van der Waals surface area contributed by atoms with Crippen molar-refractivity contribution in [3.8, 4) is 5.75 Å². The first-order valence-corrected chi connectivity index (χ1v) is 11.1. The third-order valence-corrected chi connectivity index (χ3v) is 6.14. The summed E-state index contributed by atoms with van der Waals surface area (Å²) in [5, 5.41) is 2.59. The summed E-state index contributed by atoms with van der Waals surface area (Å²) in [6.07, 6.45) is 0. The van der Waals surface area contributed by atoms with Crippen molar-refractivity contribution in [2.24, 2.45) is 0 Å². The van der Waals surface area contributed by atoms with Gasteiger partial charge in [0, 0.05) is 27.8 Å². The maximum atomic E-state index is 13.7. The molecule has 3 aromatic rings. The number of benzene rings is 3. The second kappa shape index (κ2) is 9.27. The van der Waals surface area contributed by atoms with Gasteiger partial charge in [-0.05, 0) is 48.5 Å². The van der Waals surface area contributed by atoms with E-state index in [0.29, 0.717) is 11.3 Å². The minimum absolute atomic E-state index is 0.0310. The number of anilines is 1. The summed E-state index contributed by atoms with van der Waals surface area (Å²) >= 11 is 3.29. The van der Waals surface area contributed by atoms with E-state index in [-0.39, 0.29) is 22.8 Å². The quantitative estimate of drug-likeness (QED) is 0.514. The van der Waals surface area contributed by atoms with E-state index in [4.69, 9.17) is 4.74 Å². The van der Waals surface area contributed by atoms with Crippen LogP contribution in [0.5, 0.6) is 5.75 Å². The van der Waals surface area contributed by atoms with Crippen molar-refractivity contribution in [2.75, 3.05) is 11.8 Å². The van der Waals surface area contributed by atoms with Gasteiger partial charge in [0.2, 0.25) is 0 Å². The van der Waals surface area contributed by atoms with Crippen LogP contribution in [0.4, 0.5) is 10.1 Å². The highest BCUT2D eigenvalue weighted by Gasteiger charge is 2.22. The van der Waals surface area contributed by atoms with Crippen LogP contribution in [0.3, 0.4) is 0 Å². The van der Waals surface area contributed by atoms with Gasteiger partial charge in [0.05, 0.1) is 7.11 Å². The van der Waals surface area contributed by atoms with Crippen molar-refractivity contribution >= 4 is 37.5 Å². The molecule has 0 radical (unpaired) electrons. The van der Waals surface area contributed by atoms with E-state index >= 15 is 0 Å². The second-order valence-electron chi connectivity index (χ2n) is 6.25. The minimum Gasteiger partial charge on any atom is -0.495 e. The van der Waals surface area contributed by atoms with Crippen molar-refractivity contribution in [3.05, 3.63) is 88.1 Å². The van der Waals surface area contributed by atoms with Crippen molar-refractivity contribution in [1.82, 2.24) is 5.32 Å². The van der Waals surface area contributed by atoms with Gasteiger partial charge in [0.25, 0.3) is 15.9 Å². The number of ether oxygens (including phenoxy) is 1. The van der Waals surface area contributed by atoms with Gasteiger partial charge >= 0.3 is 0 Å². The van der Waals surface area contributed by atoms with Gasteiger partial charge in [0.1, 0.15) is 16.5 Å². The van der Waals surface area contributed by atoms with Crippen molar-refractivity contribution < 1.29 is 22.3 Å². The standard InChI is InChI=1S/C21H18BrFN2O4S/c1-29-19-11-6-14(21(26)24-13-15-4-2-3-5-18(15)23)12-20(19)30(27,28)25-17-9-7-16(22)8-10-17/h2-12,25H,13H2,1H3,(H,24,26). The topological polar surface area (TPSA) is 84.5 Å². The van der Waals surface area contributed by atoms with Gasteiger partial charge in [-0.25, -0.2) is 12.8 Å². The lowest BCUT2D eigenvalue weighted by Crippen LogP contribution is -2.24. The molecule has 0 unspecified atom stereocenters. The molecule has 0 aliphatic carbocycles. The number of methoxy groups -OCH3 is 1. The number of hydrogen-bond donors (Lipinski definition) is 2. The summed E-state index contributed by atoms with van der Waals surface area (Å²) in [7, 11) is -2.69. The maximum Gasteiger partial charge on any atom is 0.265 e. The lowest BCUT2D eigenvalue weighted by atomic mass is 10.2. The first-order chi connectivity index (χ1) is 14.3. The first kappa shape index (κ1) is 21.8. The van der Waals surface area contributed by atoms with Crippen LogP contribution in [0.25, 0.3) is 0 Å². The Labute approximate surface area is 182 Å². The lowest BCUT2D eigenvalue weighted by Gasteiger charge is -2.13. The summed E-state index contributed by atoms with van der Waals surface area (Å²) in [5.74, 6) is -0.888.